The molecule has 18 heavy (non-hydrogen) atoms. The van der Waals surface area contributed by atoms with Gasteiger partial charge in [0.25, 0.3) is 0 Å². The van der Waals surface area contributed by atoms with Gasteiger partial charge in [0.1, 0.15) is 6.04 Å². The fourth-order valence-electron chi connectivity index (χ4n) is 2.46. The topological polar surface area (TPSA) is 111 Å². The number of hydrogen-bond acceptors (Lipinski definition) is 6. The summed E-state index contributed by atoms with van der Waals surface area (Å²) in [5, 5.41) is 7.62. The number of amides is 1. The monoisotopic (exact) mass is 247 g/mol. The second-order valence-corrected chi connectivity index (χ2v) is 4.39. The Kier molecular flexibility index (Phi) is 2.32. The number of hydrogen-bond donors (Lipinski definition) is 2. The van der Waals surface area contributed by atoms with E-state index in [1.165, 1.54) is 0 Å². The molecule has 4 N–H and O–H groups in total. The molecule has 7 heteroatoms. The normalized spacial score (nSPS) is 19.6. The van der Waals surface area contributed by atoms with Crippen molar-refractivity contribution >= 4 is 28.3 Å². The predicted octanol–water partition coefficient (Wildman–Crippen LogP) is 0.259. The lowest BCUT2D eigenvalue weighted by Gasteiger charge is -2.24. The summed E-state index contributed by atoms with van der Waals surface area (Å²) in [6, 6.07) is 3.26. The Morgan fingerprint density at radius 3 is 2.94 bits per heavy atom. The van der Waals surface area contributed by atoms with Crippen molar-refractivity contribution in [3.05, 3.63) is 12.1 Å². The number of aromatic nitrogens is 2. The van der Waals surface area contributed by atoms with Crippen LogP contribution in [0.5, 0.6) is 0 Å². The van der Waals surface area contributed by atoms with Crippen LogP contribution < -0.4 is 16.4 Å². The molecule has 1 aliphatic rings. The summed E-state index contributed by atoms with van der Waals surface area (Å²) in [7, 11) is 0. The van der Waals surface area contributed by atoms with E-state index >= 15 is 0 Å². The number of anilines is 2. The predicted molar refractivity (Wildman–Crippen MR) is 65.8 cm³/mol. The molecular weight excluding hydrogens is 234 g/mol. The third-order valence-electron chi connectivity index (χ3n) is 3.32. The average molecular weight is 247 g/mol. The Morgan fingerprint density at radius 2 is 2.17 bits per heavy atom. The Balaban J connectivity index is 2.11. The van der Waals surface area contributed by atoms with Crippen molar-refractivity contribution in [2.24, 2.45) is 5.73 Å². The number of nitrogens with two attached hydrogens (primary N) is 2. The summed E-state index contributed by atoms with van der Waals surface area (Å²) in [4.78, 5) is 13.4. The second-order valence-electron chi connectivity index (χ2n) is 4.39. The van der Waals surface area contributed by atoms with Crippen molar-refractivity contribution in [3.8, 4) is 0 Å². The van der Waals surface area contributed by atoms with Gasteiger partial charge in [-0.1, -0.05) is 0 Å². The van der Waals surface area contributed by atoms with E-state index in [-0.39, 0.29) is 11.9 Å². The third-order valence-corrected chi connectivity index (χ3v) is 3.32. The molecule has 1 saturated heterocycles. The highest BCUT2D eigenvalue weighted by Gasteiger charge is 2.31. The maximum Gasteiger partial charge on any atom is 0.240 e. The highest BCUT2D eigenvalue weighted by Crippen LogP contribution is 2.32. The summed E-state index contributed by atoms with van der Waals surface area (Å²) in [6.45, 7) is 0.763. The average Bonchev–Trinajstić information content (AvgIpc) is 2.97. The first-order valence-corrected chi connectivity index (χ1v) is 5.75. The van der Waals surface area contributed by atoms with Crippen molar-refractivity contribution in [2.45, 2.75) is 18.9 Å². The molecule has 2 heterocycles. The summed E-state index contributed by atoms with van der Waals surface area (Å²) in [6.07, 6.45) is 1.68. The van der Waals surface area contributed by atoms with Gasteiger partial charge in [-0.3, -0.25) is 4.79 Å². The Morgan fingerprint density at radius 1 is 1.39 bits per heavy atom. The SMILES string of the molecule is NC(=O)C1CCCN1c1ccc(N)c2nonc12. The van der Waals surface area contributed by atoms with Gasteiger partial charge in [-0.05, 0) is 35.3 Å². The highest BCUT2D eigenvalue weighted by molar-refractivity contribution is 5.97. The van der Waals surface area contributed by atoms with Gasteiger partial charge in [0, 0.05) is 6.54 Å². The number of carbonyl (C=O) groups is 1. The van der Waals surface area contributed by atoms with Crippen LogP contribution in [0.3, 0.4) is 0 Å². The fourth-order valence-corrected chi connectivity index (χ4v) is 2.46. The van der Waals surface area contributed by atoms with Crippen LogP contribution in [0.25, 0.3) is 11.0 Å². The van der Waals surface area contributed by atoms with Crippen molar-refractivity contribution < 1.29 is 9.42 Å². The zero-order valence-corrected chi connectivity index (χ0v) is 9.67. The molecule has 1 aliphatic heterocycles. The molecular formula is C11H13N5O2. The molecule has 0 spiro atoms. The Labute approximate surface area is 103 Å². The number of carbonyl (C=O) groups excluding carboxylic acids is 1. The largest absolute Gasteiger partial charge is 0.397 e. The summed E-state index contributed by atoms with van der Waals surface area (Å²) in [5.74, 6) is -0.325. The van der Waals surface area contributed by atoms with Gasteiger partial charge in [-0.15, -0.1) is 0 Å². The standard InChI is InChI=1S/C11H13N5O2/c12-6-3-4-7(10-9(6)14-18-15-10)16-5-1-2-8(16)11(13)17/h3-4,8H,1-2,5,12H2,(H2,13,17). The first-order valence-electron chi connectivity index (χ1n) is 5.75. The van der Waals surface area contributed by atoms with Gasteiger partial charge in [0.15, 0.2) is 11.0 Å². The molecule has 7 nitrogen and oxygen atoms in total. The summed E-state index contributed by atoms with van der Waals surface area (Å²) >= 11 is 0. The van der Waals surface area contributed by atoms with Crippen LogP contribution in [-0.4, -0.2) is 28.8 Å². The van der Waals surface area contributed by atoms with E-state index in [0.29, 0.717) is 16.7 Å². The number of fused-ring (bicyclic) bond motifs is 1. The molecule has 0 radical (unpaired) electrons. The van der Waals surface area contributed by atoms with Crippen LogP contribution >= 0.6 is 0 Å². The zero-order chi connectivity index (χ0) is 12.7. The molecule has 1 unspecified atom stereocenters. The Hall–Kier alpha value is -2.31. The molecule has 1 aromatic carbocycles. The van der Waals surface area contributed by atoms with Gasteiger partial charge in [0.05, 0.1) is 11.4 Å². The maximum atomic E-state index is 11.4. The van der Waals surface area contributed by atoms with Crippen LogP contribution in [0, 0.1) is 0 Å². The minimum Gasteiger partial charge on any atom is -0.397 e. The lowest BCUT2D eigenvalue weighted by molar-refractivity contribution is -0.119. The molecule has 1 fully saturated rings. The summed E-state index contributed by atoms with van der Waals surface area (Å²) in [5.41, 5.74) is 13.6. The minimum atomic E-state index is -0.325. The van der Waals surface area contributed by atoms with Crippen molar-refractivity contribution in [1.29, 1.82) is 0 Å². The number of benzene rings is 1. The molecule has 3 rings (SSSR count). The molecule has 94 valence electrons. The number of nitrogen functional groups attached to an aromatic ring is 1. The first-order chi connectivity index (χ1) is 8.68. The lowest BCUT2D eigenvalue weighted by Crippen LogP contribution is -2.40. The van der Waals surface area contributed by atoms with E-state index in [2.05, 4.69) is 10.3 Å². The number of rotatable bonds is 2. The van der Waals surface area contributed by atoms with Gasteiger partial charge in [-0.25, -0.2) is 4.63 Å². The van der Waals surface area contributed by atoms with Crippen LogP contribution in [-0.2, 0) is 4.79 Å². The van der Waals surface area contributed by atoms with Crippen molar-refractivity contribution in [1.82, 2.24) is 10.3 Å². The molecule has 1 atom stereocenters. The van der Waals surface area contributed by atoms with Crippen LogP contribution in [0.4, 0.5) is 11.4 Å². The van der Waals surface area contributed by atoms with E-state index in [4.69, 9.17) is 16.1 Å². The van der Waals surface area contributed by atoms with Crippen LogP contribution in [0.1, 0.15) is 12.8 Å². The molecule has 0 bridgehead atoms. The molecule has 2 aromatic rings. The van der Waals surface area contributed by atoms with Gasteiger partial charge < -0.3 is 16.4 Å². The van der Waals surface area contributed by atoms with Crippen molar-refractivity contribution in [2.75, 3.05) is 17.2 Å². The van der Waals surface area contributed by atoms with E-state index in [0.717, 1.165) is 25.1 Å². The van der Waals surface area contributed by atoms with Gasteiger partial charge >= 0.3 is 0 Å². The fraction of sp³-hybridized carbons (Fsp3) is 0.364. The number of primary amides is 1. The lowest BCUT2D eigenvalue weighted by atomic mass is 10.1. The molecule has 1 aromatic heterocycles. The van der Waals surface area contributed by atoms with Crippen LogP contribution in [0.2, 0.25) is 0 Å². The molecule has 0 saturated carbocycles. The molecule has 0 aliphatic carbocycles. The maximum absolute atomic E-state index is 11.4. The quantitative estimate of drug-likeness (QED) is 0.736. The zero-order valence-electron chi connectivity index (χ0n) is 9.67. The van der Waals surface area contributed by atoms with E-state index in [9.17, 15) is 4.79 Å². The second kappa shape index (κ2) is 3.86. The van der Waals surface area contributed by atoms with Gasteiger partial charge in [0.2, 0.25) is 5.91 Å². The van der Waals surface area contributed by atoms with E-state index < -0.39 is 0 Å². The van der Waals surface area contributed by atoms with Crippen LogP contribution in [0.15, 0.2) is 16.8 Å². The Bertz CT molecular complexity index is 608. The smallest absolute Gasteiger partial charge is 0.240 e. The van der Waals surface area contributed by atoms with Gasteiger partial charge in [-0.2, -0.15) is 0 Å². The minimum absolute atomic E-state index is 0.298. The number of nitrogens with zero attached hydrogens (tertiary/aromatic N) is 3. The van der Waals surface area contributed by atoms with Crippen molar-refractivity contribution in [3.63, 3.8) is 0 Å². The van der Waals surface area contributed by atoms with E-state index in [1.807, 2.05) is 11.0 Å². The van der Waals surface area contributed by atoms with E-state index in [1.54, 1.807) is 6.07 Å². The first kappa shape index (κ1) is 10.8. The third kappa shape index (κ3) is 1.47. The summed E-state index contributed by atoms with van der Waals surface area (Å²) < 4.78 is 4.72. The highest BCUT2D eigenvalue weighted by atomic mass is 16.6. The molecule has 1 amide bonds.